The Morgan fingerprint density at radius 3 is 1.21 bits per heavy atom. The number of ether oxygens (including phenoxy) is 4. The second-order valence-corrected chi connectivity index (χ2v) is 23.4. The van der Waals surface area contributed by atoms with E-state index in [-0.39, 0.29) is 11.5 Å². The zero-order valence-electron chi connectivity index (χ0n) is 57.0. The van der Waals surface area contributed by atoms with Crippen molar-refractivity contribution in [3.8, 4) is 57.2 Å². The van der Waals surface area contributed by atoms with Crippen molar-refractivity contribution in [3.05, 3.63) is 210 Å². The van der Waals surface area contributed by atoms with Crippen molar-refractivity contribution in [2.45, 2.75) is 40.2 Å². The number of carboxylic acid groups (broad SMARTS) is 1. The Morgan fingerprint density at radius 1 is 0.465 bits per heavy atom. The van der Waals surface area contributed by atoms with E-state index in [1.807, 2.05) is 165 Å². The predicted octanol–water partition coefficient (Wildman–Crippen LogP) is 12.0. The molecule has 0 aliphatic heterocycles. The maximum Gasteiger partial charge on any atom is 0.352 e. The van der Waals surface area contributed by atoms with Gasteiger partial charge in [-0.1, -0.05) is 12.1 Å². The van der Waals surface area contributed by atoms with Gasteiger partial charge in [0.15, 0.2) is 5.78 Å². The van der Waals surface area contributed by atoms with Crippen molar-refractivity contribution in [1.29, 1.82) is 0 Å². The first-order valence-electron chi connectivity index (χ1n) is 31.6. The highest BCUT2D eigenvalue weighted by molar-refractivity contribution is 6.01. The number of H-pyrrole nitrogens is 3. The van der Waals surface area contributed by atoms with E-state index in [2.05, 4.69) is 75.8 Å². The number of carbonyl (C=O) groups excluding carboxylic acids is 2. The number of fused-ring (bicyclic) bond motifs is 3. The summed E-state index contributed by atoms with van der Waals surface area (Å²) < 4.78 is 26.5. The van der Waals surface area contributed by atoms with Crippen LogP contribution in [-0.2, 0) is 34.1 Å². The summed E-state index contributed by atoms with van der Waals surface area (Å²) in [5, 5.41) is 21.4. The van der Waals surface area contributed by atoms with Crippen LogP contribution in [0.25, 0.3) is 66.9 Å². The van der Waals surface area contributed by atoms with Crippen LogP contribution >= 0.6 is 0 Å². The summed E-state index contributed by atoms with van der Waals surface area (Å²) in [5.41, 5.74) is 26.4. The molecule has 9 heterocycles. The molecule has 0 fully saturated rings. The maximum absolute atomic E-state index is 13.0. The molecule has 1 amide bonds. The average Bonchev–Trinajstić information content (AvgIpc) is 1.67. The molecule has 0 aliphatic rings. The lowest BCUT2D eigenvalue weighted by Crippen LogP contribution is -2.10. The van der Waals surface area contributed by atoms with Gasteiger partial charge >= 0.3 is 5.97 Å². The summed E-state index contributed by atoms with van der Waals surface area (Å²) in [4.78, 5) is 84.3. The van der Waals surface area contributed by atoms with Gasteiger partial charge in [0.25, 0.3) is 5.91 Å². The molecular weight excluding hydrogens is 1280 g/mol. The molecular formula is C73H74N20O8. The molecule has 0 spiro atoms. The van der Waals surface area contributed by atoms with Gasteiger partial charge < -0.3 is 80.1 Å². The number of aromatic nitrogens is 15. The minimum absolute atomic E-state index is 0.0365. The van der Waals surface area contributed by atoms with Crippen LogP contribution in [0.1, 0.15) is 65.7 Å². The van der Waals surface area contributed by atoms with Crippen molar-refractivity contribution in [2.24, 2.45) is 32.6 Å². The smallest absolute Gasteiger partial charge is 0.352 e. The number of aromatic carboxylic acids is 1. The van der Waals surface area contributed by atoms with Gasteiger partial charge in [-0.05, 0) is 134 Å². The number of primary amides is 1. The first kappa shape index (κ1) is 69.1. The Kier molecular flexibility index (Phi) is 21.1. The maximum atomic E-state index is 13.0. The molecule has 14 rings (SSSR count). The number of imidazole rings is 3. The third kappa shape index (κ3) is 16.8. The van der Waals surface area contributed by atoms with E-state index >= 15 is 0 Å². The summed E-state index contributed by atoms with van der Waals surface area (Å²) in [5.74, 6) is 2.94. The minimum atomic E-state index is -0.985. The third-order valence-electron chi connectivity index (χ3n) is 16.0. The topological polar surface area (TPSA) is 375 Å². The van der Waals surface area contributed by atoms with Gasteiger partial charge in [0.2, 0.25) is 17.8 Å². The molecule has 0 unspecified atom stereocenters. The van der Waals surface area contributed by atoms with Crippen LogP contribution in [0.3, 0.4) is 0 Å². The fraction of sp³-hybridized carbons (Fsp3) is 0.178. The summed E-state index contributed by atoms with van der Waals surface area (Å²) in [6.07, 6.45) is 16.8. The van der Waals surface area contributed by atoms with E-state index in [0.29, 0.717) is 54.4 Å². The van der Waals surface area contributed by atoms with Crippen molar-refractivity contribution in [2.75, 3.05) is 44.4 Å². The van der Waals surface area contributed by atoms with Crippen LogP contribution in [0, 0.1) is 20.8 Å². The molecule has 101 heavy (non-hydrogen) atoms. The molecule has 9 aromatic heterocycles. The number of hydrogen-bond donors (Lipinski definition) is 9. The van der Waals surface area contributed by atoms with Crippen molar-refractivity contribution < 1.29 is 38.4 Å². The fourth-order valence-electron chi connectivity index (χ4n) is 11.1. The van der Waals surface area contributed by atoms with Crippen molar-refractivity contribution >= 4 is 85.3 Å². The summed E-state index contributed by atoms with van der Waals surface area (Å²) in [6.45, 7) is 6.36. The van der Waals surface area contributed by atoms with Crippen LogP contribution in [0.5, 0.6) is 23.0 Å². The van der Waals surface area contributed by atoms with Gasteiger partial charge in [0.1, 0.15) is 51.5 Å². The summed E-state index contributed by atoms with van der Waals surface area (Å²) >= 11 is 0. The Balaban J connectivity index is 0.000000143. The number of ketones is 1. The highest BCUT2D eigenvalue weighted by atomic mass is 16.5. The summed E-state index contributed by atoms with van der Waals surface area (Å²) in [7, 11) is 12.2. The second-order valence-electron chi connectivity index (χ2n) is 23.4. The zero-order valence-corrected chi connectivity index (χ0v) is 57.0. The standard InChI is InChI=1S/C28H28N6O3.C18H17N7O.C18H16N6O2.C9H13NO2/c1-17-11-20(31-28-29-10-9-22(33-28)24-15-34(2)16-30-24)12-19-13-23(32-27(17)19)25(35)8-6-18-5-7-21(36-3)14-26(18)37-4;1-10-5-12(6-11-7-14(17(19)26)23-16(10)11)22-18-20-4-3-13(24-18)15-8-25(2)9-21-15;1-10-5-12(6-11-7-14(17(25)26)22-16(10)11)21-18-19-4-3-13(23-18)15-8-24(2)9-20-15;1-11-8-4-3-7(6-10)9(5-8)12-2/h5,7,9-16,32H,6,8H2,1-4H3,(H,29,31,33);3-9,23H,1-2H3,(H2,19,26)(H,20,22,24);3-9,22H,1-2H3,(H,25,26)(H,19,21,23);3-5H,6,10H2,1-2H3. The van der Waals surface area contributed by atoms with Gasteiger partial charge in [-0.3, -0.25) is 9.59 Å². The lowest BCUT2D eigenvalue weighted by Gasteiger charge is -2.09. The number of aryl methyl sites for hydroxylation is 7. The number of hydrogen-bond acceptors (Lipinski definition) is 20. The number of aromatic amines is 3. The molecule has 0 radical (unpaired) electrons. The van der Waals surface area contributed by atoms with E-state index in [9.17, 15) is 14.4 Å². The number of nitrogens with zero attached hydrogens (tertiary/aromatic N) is 12. The molecule has 0 atom stereocenters. The van der Waals surface area contributed by atoms with E-state index in [4.69, 9.17) is 35.5 Å². The minimum Gasteiger partial charge on any atom is -0.497 e. The zero-order chi connectivity index (χ0) is 71.4. The fourth-order valence-corrected chi connectivity index (χ4v) is 11.1. The number of carboxylic acids is 1. The number of rotatable bonds is 20. The third-order valence-corrected chi connectivity index (χ3v) is 16.0. The molecule has 514 valence electrons. The van der Waals surface area contributed by atoms with Crippen molar-refractivity contribution in [3.63, 3.8) is 0 Å². The molecule has 5 aromatic carbocycles. The van der Waals surface area contributed by atoms with Crippen LogP contribution in [0.2, 0.25) is 0 Å². The van der Waals surface area contributed by atoms with E-state index < -0.39 is 11.9 Å². The van der Waals surface area contributed by atoms with Gasteiger partial charge in [-0.25, -0.2) is 49.7 Å². The van der Waals surface area contributed by atoms with E-state index in [1.165, 1.54) is 0 Å². The SMILES string of the molecule is COc1ccc(CCC(=O)c2cc3cc(Nc4nccc(-c5cn(C)cn5)n4)cc(C)c3[nH]2)c(OC)c1.COc1ccc(CN)c(OC)c1.Cc1cc(Nc2nccc(-c3cn(C)cn3)n2)cc2cc(C(=O)O)[nH]c12.Cc1cc(Nc2nccc(-c3cn(C)cn3)n2)cc2cc(C(N)=O)[nH]c12. The van der Waals surface area contributed by atoms with Crippen LogP contribution < -0.4 is 46.4 Å². The molecule has 0 saturated carbocycles. The second kappa shape index (κ2) is 30.9. The Morgan fingerprint density at radius 2 is 0.842 bits per heavy atom. The number of anilines is 6. The van der Waals surface area contributed by atoms with Gasteiger partial charge in [-0.2, -0.15) is 0 Å². The monoisotopic (exact) mass is 1360 g/mol. The number of amides is 1. The van der Waals surface area contributed by atoms with Crippen LogP contribution in [0.4, 0.5) is 34.9 Å². The lowest BCUT2D eigenvalue weighted by atomic mass is 10.0. The average molecular weight is 1360 g/mol. The lowest BCUT2D eigenvalue weighted by molar-refractivity contribution is 0.0691. The van der Waals surface area contributed by atoms with Gasteiger partial charge in [0.05, 0.1) is 70.2 Å². The predicted molar refractivity (Wildman–Crippen MR) is 387 cm³/mol. The van der Waals surface area contributed by atoms with E-state index in [1.54, 1.807) is 84.2 Å². The first-order valence-corrected chi connectivity index (χ1v) is 31.6. The molecule has 11 N–H and O–H groups in total. The number of Topliss-reactive ketones (excluding diaryl/α,β-unsaturated/α-hetero) is 1. The number of carbonyl (C=O) groups is 3. The van der Waals surface area contributed by atoms with Gasteiger partial charge in [0, 0.05) is 139 Å². The van der Waals surface area contributed by atoms with Crippen LogP contribution in [0.15, 0.2) is 165 Å². The Labute approximate surface area is 579 Å². The van der Waals surface area contributed by atoms with Gasteiger partial charge in [-0.15, -0.1) is 0 Å². The van der Waals surface area contributed by atoms with Crippen molar-refractivity contribution in [1.82, 2.24) is 73.5 Å². The van der Waals surface area contributed by atoms with E-state index in [0.717, 1.165) is 129 Å². The molecule has 28 heteroatoms. The molecule has 14 aromatic rings. The number of nitrogens with two attached hydrogens (primary N) is 2. The molecule has 0 saturated heterocycles. The highest BCUT2D eigenvalue weighted by Gasteiger charge is 2.18. The Bertz CT molecular complexity index is 5140. The Hall–Kier alpha value is -13.2. The largest absolute Gasteiger partial charge is 0.497 e. The number of benzene rings is 5. The quantitative estimate of drug-likeness (QED) is 0.0320. The number of methoxy groups -OCH3 is 4. The molecule has 0 aliphatic carbocycles. The highest BCUT2D eigenvalue weighted by Crippen LogP contribution is 2.32. The van der Waals surface area contributed by atoms with Crippen LogP contribution in [-0.4, -0.2) is 125 Å². The summed E-state index contributed by atoms with van der Waals surface area (Å²) in [6, 6.07) is 33.6. The molecule has 28 nitrogen and oxygen atoms in total. The molecule has 0 bridgehead atoms. The number of nitrogens with one attached hydrogen (secondary N) is 6. The first-order chi connectivity index (χ1) is 48.7. The normalized spacial score (nSPS) is 10.8.